The number of nitrogens with zero attached hydrogens (tertiary/aromatic N) is 2. The summed E-state index contributed by atoms with van der Waals surface area (Å²) >= 11 is 1.72. The second kappa shape index (κ2) is 12.3. The molecule has 0 saturated carbocycles. The van der Waals surface area contributed by atoms with Crippen molar-refractivity contribution in [3.63, 3.8) is 0 Å². The number of nitrogens with one attached hydrogen (secondary N) is 1. The van der Waals surface area contributed by atoms with E-state index in [4.69, 9.17) is 14.2 Å². The quantitative estimate of drug-likeness (QED) is 0.535. The van der Waals surface area contributed by atoms with E-state index in [1.807, 2.05) is 36.1 Å². The Kier molecular flexibility index (Phi) is 8.87. The summed E-state index contributed by atoms with van der Waals surface area (Å²) in [7, 11) is 1.62. The number of ether oxygens (including phenoxy) is 3. The van der Waals surface area contributed by atoms with Gasteiger partial charge >= 0.3 is 6.03 Å². The molecule has 1 fully saturated rings. The van der Waals surface area contributed by atoms with E-state index in [1.54, 1.807) is 23.3 Å². The minimum Gasteiger partial charge on any atom is -0.497 e. The maximum atomic E-state index is 13.6. The summed E-state index contributed by atoms with van der Waals surface area (Å²) in [5.74, 6) is 1.34. The maximum absolute atomic E-state index is 13.6. The summed E-state index contributed by atoms with van der Waals surface area (Å²) in [4.78, 5) is 31.2. The first kappa shape index (κ1) is 25.3. The van der Waals surface area contributed by atoms with E-state index in [9.17, 15) is 9.59 Å². The monoisotopic (exact) mass is 501 g/mol. The lowest BCUT2D eigenvalue weighted by Crippen LogP contribution is -2.51. The molecular formula is C26H35N3O5S. The number of benzene rings is 1. The fourth-order valence-corrected chi connectivity index (χ4v) is 5.52. The van der Waals surface area contributed by atoms with E-state index < -0.39 is 0 Å². The van der Waals surface area contributed by atoms with E-state index in [0.717, 1.165) is 37.0 Å². The average molecular weight is 502 g/mol. The Balaban J connectivity index is 1.48. The third kappa shape index (κ3) is 6.46. The summed E-state index contributed by atoms with van der Waals surface area (Å²) in [5, 5.41) is 4.99. The maximum Gasteiger partial charge on any atom is 0.317 e. The molecule has 3 amide bonds. The summed E-state index contributed by atoms with van der Waals surface area (Å²) in [6, 6.07) is 9.12. The molecule has 3 heterocycles. The molecule has 1 aromatic carbocycles. The number of urea groups is 1. The second-order valence-corrected chi connectivity index (χ2v) is 9.89. The molecule has 190 valence electrons. The molecule has 0 radical (unpaired) electrons. The molecule has 9 heteroatoms. The van der Waals surface area contributed by atoms with Crippen molar-refractivity contribution in [3.05, 3.63) is 46.2 Å². The molecule has 2 aromatic rings. The van der Waals surface area contributed by atoms with Crippen LogP contribution in [-0.4, -0.2) is 74.3 Å². The van der Waals surface area contributed by atoms with Crippen molar-refractivity contribution in [1.82, 2.24) is 15.1 Å². The van der Waals surface area contributed by atoms with Crippen LogP contribution in [-0.2, 0) is 16.0 Å². The first-order valence-electron chi connectivity index (χ1n) is 12.4. The van der Waals surface area contributed by atoms with Gasteiger partial charge in [0.1, 0.15) is 24.7 Å². The lowest BCUT2D eigenvalue weighted by molar-refractivity contribution is -0.135. The number of hydrogen-bond acceptors (Lipinski definition) is 6. The average Bonchev–Trinajstić information content (AvgIpc) is 3.57. The first-order valence-corrected chi connectivity index (χ1v) is 13.2. The zero-order valence-corrected chi connectivity index (χ0v) is 21.4. The topological polar surface area (TPSA) is 80.3 Å². The summed E-state index contributed by atoms with van der Waals surface area (Å²) in [6.07, 6.45) is 3.52. The van der Waals surface area contributed by atoms with Gasteiger partial charge in [0, 0.05) is 37.2 Å². The summed E-state index contributed by atoms with van der Waals surface area (Å²) in [6.45, 7) is 4.66. The van der Waals surface area contributed by atoms with Crippen molar-refractivity contribution < 1.29 is 23.8 Å². The van der Waals surface area contributed by atoms with Crippen molar-refractivity contribution in [2.75, 3.05) is 46.5 Å². The van der Waals surface area contributed by atoms with Crippen molar-refractivity contribution >= 4 is 23.3 Å². The number of hydrogen-bond donors (Lipinski definition) is 1. The zero-order valence-electron chi connectivity index (χ0n) is 20.5. The zero-order chi connectivity index (χ0) is 24.6. The van der Waals surface area contributed by atoms with Crippen molar-refractivity contribution in [1.29, 1.82) is 0 Å². The Bertz CT molecular complexity index is 991. The normalized spacial score (nSPS) is 19.2. The van der Waals surface area contributed by atoms with Gasteiger partial charge in [-0.15, -0.1) is 11.3 Å². The van der Waals surface area contributed by atoms with Gasteiger partial charge in [-0.2, -0.15) is 0 Å². The first-order chi connectivity index (χ1) is 17.1. The number of rotatable bonds is 10. The van der Waals surface area contributed by atoms with Gasteiger partial charge in [-0.3, -0.25) is 4.79 Å². The van der Waals surface area contributed by atoms with Crippen LogP contribution in [0.25, 0.3) is 0 Å². The minimum absolute atomic E-state index is 0.0184. The van der Waals surface area contributed by atoms with Gasteiger partial charge < -0.3 is 29.3 Å². The van der Waals surface area contributed by atoms with Crippen LogP contribution in [0.1, 0.15) is 42.7 Å². The molecule has 4 rings (SSSR count). The Morgan fingerprint density at radius 3 is 2.91 bits per heavy atom. The lowest BCUT2D eigenvalue weighted by atomic mass is 10.0. The number of carbonyl (C=O) groups excluding carboxylic acids is 2. The molecule has 2 aliphatic heterocycles. The van der Waals surface area contributed by atoms with Crippen LogP contribution in [0.4, 0.5) is 4.79 Å². The lowest BCUT2D eigenvalue weighted by Gasteiger charge is -2.37. The minimum atomic E-state index is -0.216. The predicted octanol–water partition coefficient (Wildman–Crippen LogP) is 3.86. The van der Waals surface area contributed by atoms with Crippen LogP contribution in [0.2, 0.25) is 0 Å². The number of carbonyl (C=O) groups is 2. The molecule has 35 heavy (non-hydrogen) atoms. The van der Waals surface area contributed by atoms with E-state index >= 15 is 0 Å². The van der Waals surface area contributed by atoms with Gasteiger partial charge in [-0.25, -0.2) is 4.79 Å². The van der Waals surface area contributed by atoms with Gasteiger partial charge in [0.25, 0.3) is 0 Å². The Labute approximate surface area is 211 Å². The molecule has 0 bridgehead atoms. The van der Waals surface area contributed by atoms with Crippen LogP contribution >= 0.6 is 11.3 Å². The number of methoxy groups -OCH3 is 1. The van der Waals surface area contributed by atoms with Gasteiger partial charge in [0.15, 0.2) is 0 Å². The molecule has 1 aromatic heterocycles. The third-order valence-electron chi connectivity index (χ3n) is 6.45. The highest BCUT2D eigenvalue weighted by atomic mass is 32.1. The summed E-state index contributed by atoms with van der Waals surface area (Å²) in [5.41, 5.74) is 1.12. The third-order valence-corrected chi connectivity index (χ3v) is 7.45. The van der Waals surface area contributed by atoms with E-state index in [2.05, 4.69) is 16.8 Å². The van der Waals surface area contributed by atoms with Gasteiger partial charge in [0.05, 0.1) is 19.3 Å². The molecular weight excluding hydrogens is 466 g/mol. The molecule has 2 unspecified atom stereocenters. The SMILES string of the molecule is CCCNC(=O)N(CC(=O)N1CCc2sccc2C1COc1cccc(OC)c1)CC1CCCO1. The number of thiophene rings is 1. The van der Waals surface area contributed by atoms with Crippen LogP contribution in [0, 0.1) is 0 Å². The van der Waals surface area contributed by atoms with Crippen molar-refractivity contribution in [2.45, 2.75) is 44.8 Å². The van der Waals surface area contributed by atoms with Gasteiger partial charge in [-0.1, -0.05) is 13.0 Å². The molecule has 2 atom stereocenters. The summed E-state index contributed by atoms with van der Waals surface area (Å²) < 4.78 is 17.2. The van der Waals surface area contributed by atoms with E-state index in [-0.39, 0.29) is 30.6 Å². The molecule has 1 N–H and O–H groups in total. The Morgan fingerprint density at radius 1 is 1.29 bits per heavy atom. The fraction of sp³-hybridized carbons (Fsp3) is 0.538. The van der Waals surface area contributed by atoms with Crippen molar-refractivity contribution in [2.24, 2.45) is 0 Å². The second-order valence-electron chi connectivity index (χ2n) is 8.89. The van der Waals surface area contributed by atoms with Crippen molar-refractivity contribution in [3.8, 4) is 11.5 Å². The van der Waals surface area contributed by atoms with Crippen LogP contribution in [0.5, 0.6) is 11.5 Å². The highest BCUT2D eigenvalue weighted by Crippen LogP contribution is 2.34. The van der Waals surface area contributed by atoms with Gasteiger partial charge in [0.2, 0.25) is 5.91 Å². The predicted molar refractivity (Wildman–Crippen MR) is 135 cm³/mol. The Hall–Kier alpha value is -2.78. The van der Waals surface area contributed by atoms with Crippen LogP contribution in [0.15, 0.2) is 35.7 Å². The van der Waals surface area contributed by atoms with Crippen LogP contribution < -0.4 is 14.8 Å². The molecule has 0 spiro atoms. The van der Waals surface area contributed by atoms with Crippen LogP contribution in [0.3, 0.4) is 0 Å². The van der Waals surface area contributed by atoms with E-state index in [0.29, 0.717) is 38.6 Å². The smallest absolute Gasteiger partial charge is 0.317 e. The van der Waals surface area contributed by atoms with Gasteiger partial charge in [-0.05, 0) is 54.8 Å². The highest BCUT2D eigenvalue weighted by Gasteiger charge is 2.34. The largest absolute Gasteiger partial charge is 0.497 e. The fourth-order valence-electron chi connectivity index (χ4n) is 4.59. The number of amides is 3. The molecule has 8 nitrogen and oxygen atoms in total. The molecule has 1 saturated heterocycles. The highest BCUT2D eigenvalue weighted by molar-refractivity contribution is 7.10. The van der Waals surface area contributed by atoms with E-state index in [1.165, 1.54) is 4.88 Å². The number of fused-ring (bicyclic) bond motifs is 1. The molecule has 0 aliphatic carbocycles. The molecule has 2 aliphatic rings. The standard InChI is InChI=1S/C26H35N3O5S/c1-3-11-27-26(31)28(16-21-8-5-13-33-21)17-25(30)29-12-9-24-22(10-14-35-24)23(29)18-34-20-7-4-6-19(15-20)32-2/h4,6-7,10,14-15,21,23H,3,5,8-9,11-13,16-18H2,1-2H3,(H,27,31). The Morgan fingerprint density at radius 2 is 2.14 bits per heavy atom.